The molecule has 2 aromatic rings. The average Bonchev–Trinajstić information content (AvgIpc) is 2.39. The number of rotatable bonds is 2. The topological polar surface area (TPSA) is 66.9 Å². The number of anilines is 2. The van der Waals surface area contributed by atoms with E-state index in [-0.39, 0.29) is 11.5 Å². The van der Waals surface area contributed by atoms with Crippen LogP contribution < -0.4 is 10.6 Å². The maximum absolute atomic E-state index is 12.5. The summed E-state index contributed by atoms with van der Waals surface area (Å²) in [6, 6.07) is 3.62. The first-order chi connectivity index (χ1) is 9.45. The summed E-state index contributed by atoms with van der Waals surface area (Å²) in [7, 11) is 0. The number of alkyl halides is 3. The fourth-order valence-corrected chi connectivity index (χ4v) is 1.42. The first kappa shape index (κ1) is 13.8. The SMILES string of the molecule is O=C(Nc1cccc(C(F)(F)F)c1)Nc1cnccn1. The zero-order valence-electron chi connectivity index (χ0n) is 9.98. The van der Waals surface area contributed by atoms with Crippen molar-refractivity contribution in [2.75, 3.05) is 10.6 Å². The number of amides is 2. The van der Waals surface area contributed by atoms with Crippen LogP contribution in [0.4, 0.5) is 29.5 Å². The standard InChI is InChI=1S/C12H9F3N4O/c13-12(14,15)8-2-1-3-9(6-8)18-11(20)19-10-7-16-4-5-17-10/h1-7H,(H2,17,18,19,20). The average molecular weight is 282 g/mol. The molecule has 2 amide bonds. The van der Waals surface area contributed by atoms with Crippen molar-refractivity contribution in [2.24, 2.45) is 0 Å². The smallest absolute Gasteiger partial charge is 0.308 e. The Morgan fingerprint density at radius 3 is 2.60 bits per heavy atom. The Labute approximate surface area is 111 Å². The lowest BCUT2D eigenvalue weighted by atomic mass is 10.2. The maximum Gasteiger partial charge on any atom is 0.416 e. The van der Waals surface area contributed by atoms with Gasteiger partial charge in [-0.1, -0.05) is 6.07 Å². The summed E-state index contributed by atoms with van der Waals surface area (Å²) in [5.74, 6) is 0.192. The van der Waals surface area contributed by atoms with Gasteiger partial charge in [-0.05, 0) is 18.2 Å². The third-order valence-electron chi connectivity index (χ3n) is 2.25. The fourth-order valence-electron chi connectivity index (χ4n) is 1.42. The van der Waals surface area contributed by atoms with Crippen LogP contribution in [0.5, 0.6) is 0 Å². The predicted molar refractivity (Wildman–Crippen MR) is 66.1 cm³/mol. The second-order valence-corrected chi connectivity index (χ2v) is 3.75. The normalized spacial score (nSPS) is 10.9. The van der Waals surface area contributed by atoms with Gasteiger partial charge in [-0.25, -0.2) is 9.78 Å². The molecule has 0 aliphatic carbocycles. The highest BCUT2D eigenvalue weighted by atomic mass is 19.4. The van der Waals surface area contributed by atoms with Crippen LogP contribution in [0.25, 0.3) is 0 Å². The van der Waals surface area contributed by atoms with E-state index in [2.05, 4.69) is 20.6 Å². The van der Waals surface area contributed by atoms with E-state index in [1.165, 1.54) is 30.7 Å². The van der Waals surface area contributed by atoms with Gasteiger partial charge in [-0.3, -0.25) is 10.3 Å². The van der Waals surface area contributed by atoms with Crippen molar-refractivity contribution in [3.05, 3.63) is 48.4 Å². The lowest BCUT2D eigenvalue weighted by Crippen LogP contribution is -2.20. The van der Waals surface area contributed by atoms with Gasteiger partial charge < -0.3 is 5.32 Å². The number of aromatic nitrogens is 2. The van der Waals surface area contributed by atoms with Crippen LogP contribution in [0, 0.1) is 0 Å². The Morgan fingerprint density at radius 1 is 1.15 bits per heavy atom. The molecule has 0 saturated heterocycles. The highest BCUT2D eigenvalue weighted by Crippen LogP contribution is 2.30. The van der Waals surface area contributed by atoms with Gasteiger partial charge >= 0.3 is 12.2 Å². The second-order valence-electron chi connectivity index (χ2n) is 3.75. The third kappa shape index (κ3) is 3.67. The molecule has 0 aliphatic heterocycles. The molecule has 0 bridgehead atoms. The summed E-state index contributed by atoms with van der Waals surface area (Å²) in [6.45, 7) is 0. The van der Waals surface area contributed by atoms with Crippen LogP contribution in [0.1, 0.15) is 5.56 Å². The minimum atomic E-state index is -4.46. The molecule has 8 heteroatoms. The van der Waals surface area contributed by atoms with Crippen LogP contribution in [-0.2, 0) is 6.18 Å². The third-order valence-corrected chi connectivity index (χ3v) is 2.25. The Hall–Kier alpha value is -2.64. The molecule has 0 aliphatic rings. The van der Waals surface area contributed by atoms with Crippen LogP contribution in [0.15, 0.2) is 42.9 Å². The summed E-state index contributed by atoms with van der Waals surface area (Å²) < 4.78 is 37.5. The predicted octanol–water partition coefficient (Wildman–Crippen LogP) is 3.14. The molecular formula is C12H9F3N4O. The van der Waals surface area contributed by atoms with Gasteiger partial charge in [-0.15, -0.1) is 0 Å². The van der Waals surface area contributed by atoms with Gasteiger partial charge in [0, 0.05) is 18.1 Å². The number of benzene rings is 1. The van der Waals surface area contributed by atoms with E-state index in [9.17, 15) is 18.0 Å². The van der Waals surface area contributed by atoms with Crippen LogP contribution in [0.2, 0.25) is 0 Å². The number of hydrogen-bond acceptors (Lipinski definition) is 3. The van der Waals surface area contributed by atoms with Crippen LogP contribution >= 0.6 is 0 Å². The number of carbonyl (C=O) groups excluding carboxylic acids is 1. The molecule has 0 radical (unpaired) electrons. The zero-order chi connectivity index (χ0) is 14.6. The first-order valence-electron chi connectivity index (χ1n) is 5.46. The maximum atomic E-state index is 12.5. The van der Waals surface area contributed by atoms with Gasteiger partial charge in [0.15, 0.2) is 5.82 Å². The largest absolute Gasteiger partial charge is 0.416 e. The molecule has 5 nitrogen and oxygen atoms in total. The Bertz CT molecular complexity index is 601. The monoisotopic (exact) mass is 282 g/mol. The summed E-state index contributed by atoms with van der Waals surface area (Å²) in [6.07, 6.45) is -0.347. The Kier molecular flexibility index (Phi) is 3.83. The van der Waals surface area contributed by atoms with Crippen molar-refractivity contribution in [3.8, 4) is 0 Å². The van der Waals surface area contributed by atoms with E-state index in [1.807, 2.05) is 0 Å². The quantitative estimate of drug-likeness (QED) is 0.889. The highest BCUT2D eigenvalue weighted by molar-refractivity contribution is 5.99. The molecule has 1 heterocycles. The number of hydrogen-bond donors (Lipinski definition) is 2. The van der Waals surface area contributed by atoms with Crippen LogP contribution in [-0.4, -0.2) is 16.0 Å². The summed E-state index contributed by atoms with van der Waals surface area (Å²) >= 11 is 0. The number of halogens is 3. The highest BCUT2D eigenvalue weighted by Gasteiger charge is 2.30. The molecule has 1 aromatic carbocycles. The summed E-state index contributed by atoms with van der Waals surface area (Å²) in [4.78, 5) is 19.1. The van der Waals surface area contributed by atoms with Crippen molar-refractivity contribution < 1.29 is 18.0 Å². The van der Waals surface area contributed by atoms with Crippen molar-refractivity contribution in [3.63, 3.8) is 0 Å². The minimum Gasteiger partial charge on any atom is -0.308 e. The second kappa shape index (κ2) is 5.55. The molecule has 0 fully saturated rings. The number of urea groups is 1. The Morgan fingerprint density at radius 2 is 1.95 bits per heavy atom. The molecule has 2 N–H and O–H groups in total. The van der Waals surface area contributed by atoms with Crippen molar-refractivity contribution in [1.82, 2.24) is 9.97 Å². The number of nitrogens with one attached hydrogen (secondary N) is 2. The first-order valence-corrected chi connectivity index (χ1v) is 5.46. The number of nitrogens with zero attached hydrogens (tertiary/aromatic N) is 2. The summed E-state index contributed by atoms with van der Waals surface area (Å²) in [5.41, 5.74) is -0.809. The molecule has 1 aromatic heterocycles. The molecule has 0 atom stereocenters. The molecule has 0 saturated carbocycles. The minimum absolute atomic E-state index is 0.0289. The Balaban J connectivity index is 2.05. The lowest BCUT2D eigenvalue weighted by molar-refractivity contribution is -0.137. The van der Waals surface area contributed by atoms with Gasteiger partial charge in [0.05, 0.1) is 11.8 Å². The van der Waals surface area contributed by atoms with Gasteiger partial charge in [0.25, 0.3) is 0 Å². The molecule has 0 spiro atoms. The van der Waals surface area contributed by atoms with Crippen LogP contribution in [0.3, 0.4) is 0 Å². The lowest BCUT2D eigenvalue weighted by Gasteiger charge is -2.10. The molecular weight excluding hydrogens is 273 g/mol. The van der Waals surface area contributed by atoms with Gasteiger partial charge in [-0.2, -0.15) is 13.2 Å². The van der Waals surface area contributed by atoms with E-state index < -0.39 is 17.8 Å². The van der Waals surface area contributed by atoms with E-state index in [1.54, 1.807) is 0 Å². The van der Waals surface area contributed by atoms with Crippen molar-refractivity contribution >= 4 is 17.5 Å². The van der Waals surface area contributed by atoms with E-state index >= 15 is 0 Å². The van der Waals surface area contributed by atoms with E-state index in [0.717, 1.165) is 12.1 Å². The van der Waals surface area contributed by atoms with Gasteiger partial charge in [0.2, 0.25) is 0 Å². The molecule has 20 heavy (non-hydrogen) atoms. The van der Waals surface area contributed by atoms with Crippen molar-refractivity contribution in [1.29, 1.82) is 0 Å². The molecule has 2 rings (SSSR count). The molecule has 0 unspecified atom stereocenters. The molecule has 104 valence electrons. The van der Waals surface area contributed by atoms with Gasteiger partial charge in [0.1, 0.15) is 0 Å². The zero-order valence-corrected chi connectivity index (χ0v) is 9.98. The van der Waals surface area contributed by atoms with Crippen molar-refractivity contribution in [2.45, 2.75) is 6.18 Å². The number of carbonyl (C=O) groups is 1. The fraction of sp³-hybridized carbons (Fsp3) is 0.0833. The van der Waals surface area contributed by atoms with E-state index in [4.69, 9.17) is 0 Å². The summed E-state index contributed by atoms with van der Waals surface area (Å²) in [5, 5.41) is 4.63. The van der Waals surface area contributed by atoms with E-state index in [0.29, 0.717) is 0 Å².